The van der Waals surface area contributed by atoms with E-state index < -0.39 is 54.6 Å². The van der Waals surface area contributed by atoms with Gasteiger partial charge in [0.25, 0.3) is 0 Å². The van der Waals surface area contributed by atoms with Crippen LogP contribution >= 0.6 is 11.6 Å². The van der Waals surface area contributed by atoms with Gasteiger partial charge in [-0.2, -0.15) is 0 Å². The van der Waals surface area contributed by atoms with Crippen molar-refractivity contribution < 1.29 is 47.6 Å². The summed E-state index contributed by atoms with van der Waals surface area (Å²) < 4.78 is 33.2. The highest BCUT2D eigenvalue weighted by atomic mass is 35.5. The molecule has 2 heterocycles. The summed E-state index contributed by atoms with van der Waals surface area (Å²) in [6.45, 7) is 4.03. The lowest BCUT2D eigenvalue weighted by molar-refractivity contribution is -0.282. The molecule has 204 valence electrons. The number of benzene rings is 2. The first-order valence-electron chi connectivity index (χ1n) is 11.9. The molecule has 0 radical (unpaired) electrons. The lowest BCUT2D eigenvalue weighted by Crippen LogP contribution is -2.64. The molecule has 1 saturated heterocycles. The Bertz CT molecular complexity index is 1250. The minimum absolute atomic E-state index is 0.0897. The van der Waals surface area contributed by atoms with Crippen LogP contribution in [0.5, 0.6) is 5.75 Å². The van der Waals surface area contributed by atoms with E-state index in [-0.39, 0.29) is 5.92 Å². The largest absolute Gasteiger partial charge is 0.467 e. The SMILES string of the molecule is COC(=O)C1OC(Oc2cc3c(c4ccccc24)C(CCl)CN3)C(OC(C)=O)C(OC(C)=O)C1OC(C)=O. The van der Waals surface area contributed by atoms with Crippen LogP contribution in [0.3, 0.4) is 0 Å². The highest BCUT2D eigenvalue weighted by molar-refractivity contribution is 6.18. The van der Waals surface area contributed by atoms with Crippen LogP contribution in [0, 0.1) is 0 Å². The van der Waals surface area contributed by atoms with Crippen molar-refractivity contribution >= 4 is 51.9 Å². The number of hydrogen-bond acceptors (Lipinski definition) is 11. The van der Waals surface area contributed by atoms with Gasteiger partial charge in [0.15, 0.2) is 18.3 Å². The molecule has 0 aromatic heterocycles. The second-order valence-electron chi connectivity index (χ2n) is 8.90. The number of carbonyl (C=O) groups is 4. The van der Waals surface area contributed by atoms with Crippen molar-refractivity contribution in [1.29, 1.82) is 0 Å². The van der Waals surface area contributed by atoms with Crippen LogP contribution < -0.4 is 10.1 Å². The average Bonchev–Trinajstić information content (AvgIpc) is 3.29. The maximum atomic E-state index is 12.7. The Labute approximate surface area is 223 Å². The first-order chi connectivity index (χ1) is 18.1. The molecule has 6 atom stereocenters. The summed E-state index contributed by atoms with van der Waals surface area (Å²) in [4.78, 5) is 48.7. The summed E-state index contributed by atoms with van der Waals surface area (Å²) in [5, 5.41) is 4.94. The molecule has 0 bridgehead atoms. The Kier molecular flexibility index (Phi) is 8.27. The second kappa shape index (κ2) is 11.4. The molecule has 2 aromatic carbocycles. The summed E-state index contributed by atoms with van der Waals surface area (Å²) in [6, 6.07) is 9.28. The lowest BCUT2D eigenvalue weighted by Gasteiger charge is -2.43. The smallest absolute Gasteiger partial charge is 0.339 e. The summed E-state index contributed by atoms with van der Waals surface area (Å²) in [6.07, 6.45) is -7.33. The van der Waals surface area contributed by atoms with Crippen molar-refractivity contribution in [2.45, 2.75) is 57.4 Å². The highest BCUT2D eigenvalue weighted by Gasteiger charge is 2.56. The van der Waals surface area contributed by atoms with Crippen LogP contribution in [0.15, 0.2) is 30.3 Å². The molecule has 2 aromatic rings. The van der Waals surface area contributed by atoms with Crippen LogP contribution in [0.25, 0.3) is 10.8 Å². The Morgan fingerprint density at radius 3 is 2.16 bits per heavy atom. The number of nitrogens with one attached hydrogen (secondary N) is 1. The topological polar surface area (TPSA) is 136 Å². The van der Waals surface area contributed by atoms with Crippen LogP contribution in [-0.2, 0) is 42.9 Å². The molecule has 2 aliphatic heterocycles. The number of carbonyl (C=O) groups excluding carboxylic acids is 4. The van der Waals surface area contributed by atoms with Gasteiger partial charge < -0.3 is 33.7 Å². The van der Waals surface area contributed by atoms with Gasteiger partial charge in [0.1, 0.15) is 5.75 Å². The highest BCUT2D eigenvalue weighted by Crippen LogP contribution is 2.43. The Morgan fingerprint density at radius 2 is 1.55 bits per heavy atom. The second-order valence-corrected chi connectivity index (χ2v) is 9.21. The van der Waals surface area contributed by atoms with E-state index in [2.05, 4.69) is 5.32 Å². The molecular formula is C26H28ClNO10. The van der Waals surface area contributed by atoms with Crippen molar-refractivity contribution in [2.24, 2.45) is 0 Å². The van der Waals surface area contributed by atoms with Crippen LogP contribution in [0.1, 0.15) is 32.3 Å². The Hall–Kier alpha value is -3.57. The van der Waals surface area contributed by atoms with Gasteiger partial charge in [0, 0.05) is 56.3 Å². The van der Waals surface area contributed by atoms with E-state index in [9.17, 15) is 19.2 Å². The zero-order valence-electron chi connectivity index (χ0n) is 21.2. The van der Waals surface area contributed by atoms with Gasteiger partial charge in [0.05, 0.1) is 7.11 Å². The van der Waals surface area contributed by atoms with Crippen molar-refractivity contribution in [3.63, 3.8) is 0 Å². The number of esters is 4. The van der Waals surface area contributed by atoms with Crippen LogP contribution in [-0.4, -0.2) is 74.1 Å². The third kappa shape index (κ3) is 5.48. The zero-order valence-corrected chi connectivity index (χ0v) is 22.0. The predicted molar refractivity (Wildman–Crippen MR) is 134 cm³/mol. The van der Waals surface area contributed by atoms with Crippen LogP contribution in [0.2, 0.25) is 0 Å². The van der Waals surface area contributed by atoms with Gasteiger partial charge in [-0.3, -0.25) is 14.4 Å². The van der Waals surface area contributed by atoms with Gasteiger partial charge in [-0.25, -0.2) is 4.79 Å². The molecule has 6 unspecified atom stereocenters. The van der Waals surface area contributed by atoms with E-state index in [1.165, 1.54) is 0 Å². The molecule has 4 rings (SSSR count). The lowest BCUT2D eigenvalue weighted by atomic mass is 9.95. The van der Waals surface area contributed by atoms with Crippen molar-refractivity contribution in [2.75, 3.05) is 24.9 Å². The molecule has 11 nitrogen and oxygen atoms in total. The monoisotopic (exact) mass is 549 g/mol. The number of anilines is 1. The third-order valence-electron chi connectivity index (χ3n) is 6.26. The van der Waals surface area contributed by atoms with Gasteiger partial charge in [-0.15, -0.1) is 11.6 Å². The van der Waals surface area contributed by atoms with E-state index >= 15 is 0 Å². The number of rotatable bonds is 7. The minimum atomic E-state index is -1.55. The van der Waals surface area contributed by atoms with Crippen molar-refractivity contribution in [3.8, 4) is 5.75 Å². The number of halogens is 1. The molecule has 0 amide bonds. The molecular weight excluding hydrogens is 522 g/mol. The fourth-order valence-electron chi connectivity index (χ4n) is 4.81. The Morgan fingerprint density at radius 1 is 0.947 bits per heavy atom. The Balaban J connectivity index is 1.81. The summed E-state index contributed by atoms with van der Waals surface area (Å²) >= 11 is 6.20. The standard InChI is InChI=1S/C26H28ClNO10/c1-12(29)34-21-22(35-13(2)30)24(36-14(3)31)26(38-23(21)25(32)33-4)37-19-9-18-20(15(10-27)11-28-18)17-8-6-5-7-16(17)19/h5-9,15,21-24,26,28H,10-11H2,1-4H3. The quantitative estimate of drug-likeness (QED) is 0.310. The van der Waals surface area contributed by atoms with Gasteiger partial charge in [-0.05, 0) is 10.9 Å². The van der Waals surface area contributed by atoms with E-state index in [4.69, 9.17) is 40.0 Å². The van der Waals surface area contributed by atoms with E-state index in [1.54, 1.807) is 6.07 Å². The average molecular weight is 550 g/mol. The normalized spacial score (nSPS) is 26.0. The molecule has 12 heteroatoms. The molecule has 0 saturated carbocycles. The van der Waals surface area contributed by atoms with Gasteiger partial charge in [0.2, 0.25) is 12.4 Å². The van der Waals surface area contributed by atoms with Crippen LogP contribution in [0.4, 0.5) is 5.69 Å². The van der Waals surface area contributed by atoms with E-state index in [1.807, 2.05) is 24.3 Å². The summed E-state index contributed by atoms with van der Waals surface area (Å²) in [7, 11) is 1.12. The summed E-state index contributed by atoms with van der Waals surface area (Å²) in [5.74, 6) is -2.34. The first-order valence-corrected chi connectivity index (χ1v) is 12.4. The number of ether oxygens (including phenoxy) is 6. The fraction of sp³-hybridized carbons (Fsp3) is 0.462. The van der Waals surface area contributed by atoms with Crippen molar-refractivity contribution in [3.05, 3.63) is 35.9 Å². The van der Waals surface area contributed by atoms with E-state index in [0.717, 1.165) is 49.9 Å². The zero-order chi connectivity index (χ0) is 27.6. The van der Waals surface area contributed by atoms with Gasteiger partial charge >= 0.3 is 23.9 Å². The first kappa shape index (κ1) is 27.5. The number of hydrogen-bond donors (Lipinski definition) is 1. The number of methoxy groups -OCH3 is 1. The maximum Gasteiger partial charge on any atom is 0.339 e. The molecule has 0 aliphatic carbocycles. The fourth-order valence-corrected chi connectivity index (χ4v) is 5.08. The van der Waals surface area contributed by atoms with E-state index in [0.29, 0.717) is 18.2 Å². The molecule has 1 N–H and O–H groups in total. The number of fused-ring (bicyclic) bond motifs is 3. The molecule has 38 heavy (non-hydrogen) atoms. The maximum absolute atomic E-state index is 12.7. The van der Waals surface area contributed by atoms with Crippen molar-refractivity contribution in [1.82, 2.24) is 0 Å². The minimum Gasteiger partial charge on any atom is -0.467 e. The third-order valence-corrected chi connectivity index (χ3v) is 6.63. The summed E-state index contributed by atoms with van der Waals surface area (Å²) in [5.41, 5.74) is 1.85. The predicted octanol–water partition coefficient (Wildman–Crippen LogP) is 2.66. The van der Waals surface area contributed by atoms with Gasteiger partial charge in [-0.1, -0.05) is 24.3 Å². The number of alkyl halides is 1. The molecule has 1 fully saturated rings. The molecule has 0 spiro atoms. The molecule has 2 aliphatic rings.